The second kappa shape index (κ2) is 12.0. The highest BCUT2D eigenvalue weighted by atomic mass is 16.3. The van der Waals surface area contributed by atoms with E-state index in [4.69, 9.17) is 0 Å². The summed E-state index contributed by atoms with van der Waals surface area (Å²) in [5.74, 6) is -0.140. The third kappa shape index (κ3) is 7.16. The molecule has 2 fully saturated rings. The first-order valence-electron chi connectivity index (χ1n) is 12.4. The molecule has 2 aliphatic heterocycles. The number of aromatic hydroxyl groups is 2. The van der Waals surface area contributed by atoms with Crippen molar-refractivity contribution in [1.82, 2.24) is 25.0 Å². The van der Waals surface area contributed by atoms with Gasteiger partial charge in [-0.2, -0.15) is 0 Å². The third-order valence-corrected chi connectivity index (χ3v) is 6.89. The van der Waals surface area contributed by atoms with Gasteiger partial charge in [0.15, 0.2) is 11.5 Å². The van der Waals surface area contributed by atoms with Crippen LogP contribution in [0, 0.1) is 5.92 Å². The number of hydrogen-bond donors (Lipinski definition) is 3. The van der Waals surface area contributed by atoms with Gasteiger partial charge in [-0.1, -0.05) is 6.07 Å². The molecule has 2 aromatic rings. The van der Waals surface area contributed by atoms with Crippen LogP contribution in [0.25, 0.3) is 0 Å². The first-order chi connectivity index (χ1) is 17.0. The number of pyridine rings is 1. The van der Waals surface area contributed by atoms with Crippen molar-refractivity contribution >= 4 is 11.8 Å². The SMILES string of the molecule is O=C(CN1CCCN(C(=O)C2CCN(Cc3ccncc3)CC2)CC1)NCc1ccc(O)c(O)c1. The molecule has 4 rings (SSSR count). The van der Waals surface area contributed by atoms with E-state index in [1.807, 2.05) is 29.4 Å². The predicted octanol–water partition coefficient (Wildman–Crippen LogP) is 1.56. The van der Waals surface area contributed by atoms with E-state index >= 15 is 0 Å². The number of amides is 2. The predicted molar refractivity (Wildman–Crippen MR) is 131 cm³/mol. The molecule has 0 unspecified atom stereocenters. The Hall–Kier alpha value is -3.17. The second-order valence-corrected chi connectivity index (χ2v) is 9.46. The Bertz CT molecular complexity index is 994. The van der Waals surface area contributed by atoms with Crippen LogP contribution in [-0.4, -0.2) is 87.5 Å². The summed E-state index contributed by atoms with van der Waals surface area (Å²) in [4.78, 5) is 36.1. The Balaban J connectivity index is 1.18. The van der Waals surface area contributed by atoms with E-state index in [0.29, 0.717) is 18.7 Å². The average molecular weight is 482 g/mol. The lowest BCUT2D eigenvalue weighted by Crippen LogP contribution is -2.44. The summed E-state index contributed by atoms with van der Waals surface area (Å²) in [5.41, 5.74) is 1.97. The van der Waals surface area contributed by atoms with E-state index in [-0.39, 0.29) is 42.3 Å². The molecule has 2 aliphatic rings. The topological polar surface area (TPSA) is 109 Å². The van der Waals surface area contributed by atoms with Crippen LogP contribution in [0.5, 0.6) is 11.5 Å². The highest BCUT2D eigenvalue weighted by molar-refractivity contribution is 5.79. The quantitative estimate of drug-likeness (QED) is 0.515. The molecule has 9 heteroatoms. The first kappa shape index (κ1) is 24.9. The van der Waals surface area contributed by atoms with Gasteiger partial charge in [-0.25, -0.2) is 0 Å². The summed E-state index contributed by atoms with van der Waals surface area (Å²) in [7, 11) is 0. The van der Waals surface area contributed by atoms with Crippen molar-refractivity contribution in [3.8, 4) is 11.5 Å². The highest BCUT2D eigenvalue weighted by Gasteiger charge is 2.29. The molecule has 35 heavy (non-hydrogen) atoms. The molecular weight excluding hydrogens is 446 g/mol. The minimum atomic E-state index is -0.201. The van der Waals surface area contributed by atoms with Gasteiger partial charge in [-0.15, -0.1) is 0 Å². The standard InChI is InChI=1S/C26H35N5O4/c32-23-3-2-21(16-24(23)33)17-28-25(34)19-29-10-1-11-31(15-14-29)26(35)22-6-12-30(13-7-22)18-20-4-8-27-9-5-20/h2-5,8-9,16,22,32-33H,1,6-7,10-15,17-19H2,(H,28,34). The van der Waals surface area contributed by atoms with Crippen molar-refractivity contribution < 1.29 is 19.8 Å². The molecule has 2 amide bonds. The van der Waals surface area contributed by atoms with Crippen molar-refractivity contribution in [2.45, 2.75) is 32.4 Å². The van der Waals surface area contributed by atoms with E-state index < -0.39 is 0 Å². The number of likely N-dealkylation sites (tertiary alicyclic amines) is 1. The smallest absolute Gasteiger partial charge is 0.234 e. The van der Waals surface area contributed by atoms with Crippen molar-refractivity contribution in [2.75, 3.05) is 45.8 Å². The maximum atomic E-state index is 13.2. The van der Waals surface area contributed by atoms with Crippen LogP contribution >= 0.6 is 0 Å². The Morgan fingerprint density at radius 1 is 0.886 bits per heavy atom. The van der Waals surface area contributed by atoms with Gasteiger partial charge < -0.3 is 20.4 Å². The summed E-state index contributed by atoms with van der Waals surface area (Å²) in [6.45, 7) is 6.16. The number of aromatic nitrogens is 1. The van der Waals surface area contributed by atoms with Gasteiger partial charge in [-0.05, 0) is 67.7 Å². The van der Waals surface area contributed by atoms with Crippen LogP contribution in [-0.2, 0) is 22.7 Å². The monoisotopic (exact) mass is 481 g/mol. The zero-order chi connectivity index (χ0) is 24.6. The summed E-state index contributed by atoms with van der Waals surface area (Å²) in [6.07, 6.45) is 6.27. The lowest BCUT2D eigenvalue weighted by molar-refractivity contribution is -0.137. The number of carbonyl (C=O) groups excluding carboxylic acids is 2. The Kier molecular flexibility index (Phi) is 8.54. The molecule has 3 N–H and O–H groups in total. The molecule has 2 saturated heterocycles. The molecule has 1 aromatic carbocycles. The second-order valence-electron chi connectivity index (χ2n) is 9.46. The number of phenols is 2. The van der Waals surface area contributed by atoms with E-state index in [1.54, 1.807) is 6.07 Å². The lowest BCUT2D eigenvalue weighted by atomic mass is 9.95. The van der Waals surface area contributed by atoms with Gasteiger partial charge in [0, 0.05) is 57.6 Å². The summed E-state index contributed by atoms with van der Waals surface area (Å²) in [5, 5.41) is 21.8. The van der Waals surface area contributed by atoms with Gasteiger partial charge >= 0.3 is 0 Å². The van der Waals surface area contributed by atoms with Crippen LogP contribution in [0.4, 0.5) is 0 Å². The lowest BCUT2D eigenvalue weighted by Gasteiger charge is -2.34. The van der Waals surface area contributed by atoms with Gasteiger partial charge in [0.1, 0.15) is 0 Å². The molecule has 0 aliphatic carbocycles. The zero-order valence-corrected chi connectivity index (χ0v) is 20.1. The molecule has 1 aromatic heterocycles. The number of benzene rings is 1. The normalized spacial score (nSPS) is 18.2. The van der Waals surface area contributed by atoms with Crippen LogP contribution in [0.15, 0.2) is 42.7 Å². The molecule has 0 atom stereocenters. The summed E-state index contributed by atoms with van der Waals surface area (Å²) >= 11 is 0. The number of hydrogen-bond acceptors (Lipinski definition) is 7. The fraction of sp³-hybridized carbons (Fsp3) is 0.500. The third-order valence-electron chi connectivity index (χ3n) is 6.89. The zero-order valence-electron chi connectivity index (χ0n) is 20.1. The largest absolute Gasteiger partial charge is 0.504 e. The maximum Gasteiger partial charge on any atom is 0.234 e. The maximum absolute atomic E-state index is 13.2. The van der Waals surface area contributed by atoms with Crippen LogP contribution < -0.4 is 5.32 Å². The van der Waals surface area contributed by atoms with Crippen LogP contribution in [0.3, 0.4) is 0 Å². The van der Waals surface area contributed by atoms with Crippen molar-refractivity contribution in [3.05, 3.63) is 53.9 Å². The van der Waals surface area contributed by atoms with E-state index in [2.05, 4.69) is 20.1 Å². The minimum Gasteiger partial charge on any atom is -0.504 e. The van der Waals surface area contributed by atoms with Gasteiger partial charge in [-0.3, -0.25) is 24.4 Å². The molecule has 0 saturated carbocycles. The number of carbonyl (C=O) groups is 2. The van der Waals surface area contributed by atoms with Gasteiger partial charge in [0.2, 0.25) is 11.8 Å². The van der Waals surface area contributed by atoms with Crippen molar-refractivity contribution in [2.24, 2.45) is 5.92 Å². The van der Waals surface area contributed by atoms with Gasteiger partial charge in [0.25, 0.3) is 0 Å². The fourth-order valence-corrected chi connectivity index (χ4v) is 4.83. The van der Waals surface area contributed by atoms with Crippen molar-refractivity contribution in [1.29, 1.82) is 0 Å². The molecule has 9 nitrogen and oxygen atoms in total. The molecule has 3 heterocycles. The van der Waals surface area contributed by atoms with Crippen LogP contribution in [0.2, 0.25) is 0 Å². The molecule has 188 valence electrons. The number of nitrogens with one attached hydrogen (secondary N) is 1. The molecular formula is C26H35N5O4. The summed E-state index contributed by atoms with van der Waals surface area (Å²) in [6, 6.07) is 8.59. The first-order valence-corrected chi connectivity index (χ1v) is 12.4. The van der Waals surface area contributed by atoms with E-state index in [9.17, 15) is 19.8 Å². The van der Waals surface area contributed by atoms with Crippen LogP contribution in [0.1, 0.15) is 30.4 Å². The fourth-order valence-electron chi connectivity index (χ4n) is 4.83. The number of piperidine rings is 1. The molecule has 0 radical (unpaired) electrons. The number of nitrogens with zero attached hydrogens (tertiary/aromatic N) is 4. The average Bonchev–Trinajstić information content (AvgIpc) is 3.11. The Labute approximate surface area is 206 Å². The molecule has 0 bridgehead atoms. The van der Waals surface area contributed by atoms with E-state index in [0.717, 1.165) is 52.0 Å². The number of rotatable bonds is 7. The van der Waals surface area contributed by atoms with Crippen molar-refractivity contribution in [3.63, 3.8) is 0 Å². The minimum absolute atomic E-state index is 0.0836. The van der Waals surface area contributed by atoms with E-state index in [1.165, 1.54) is 17.7 Å². The summed E-state index contributed by atoms with van der Waals surface area (Å²) < 4.78 is 0. The Morgan fingerprint density at radius 3 is 2.40 bits per heavy atom. The van der Waals surface area contributed by atoms with Gasteiger partial charge in [0.05, 0.1) is 6.54 Å². The Morgan fingerprint density at radius 2 is 1.66 bits per heavy atom. The number of phenolic OH excluding ortho intramolecular Hbond substituents is 2. The highest BCUT2D eigenvalue weighted by Crippen LogP contribution is 2.25. The molecule has 0 spiro atoms.